The molecule has 15 heavy (non-hydrogen) atoms. The first-order chi connectivity index (χ1) is 7.36. The van der Waals surface area contributed by atoms with Crippen molar-refractivity contribution in [2.75, 3.05) is 12.0 Å². The Hall–Kier alpha value is -1.97. The molecule has 78 valence electrons. The second-order valence-corrected chi connectivity index (χ2v) is 2.91. The highest BCUT2D eigenvalue weighted by atomic mass is 15.2. The van der Waals surface area contributed by atoms with Crippen LogP contribution >= 0.6 is 0 Å². The topological polar surface area (TPSA) is 86.8 Å². The summed E-state index contributed by atoms with van der Waals surface area (Å²) in [5.74, 6) is 5.24. The molecule has 0 unspecified atom stereocenters. The van der Waals surface area contributed by atoms with Gasteiger partial charge in [-0.2, -0.15) is 0 Å². The second kappa shape index (κ2) is 6.48. The van der Waals surface area contributed by atoms with Gasteiger partial charge >= 0.3 is 0 Å². The largest absolute Gasteiger partial charge is 0.324 e. The van der Waals surface area contributed by atoms with E-state index in [-0.39, 0.29) is 0 Å². The first kappa shape index (κ1) is 11.1. The Morgan fingerprint density at radius 3 is 2.73 bits per heavy atom. The van der Waals surface area contributed by atoms with E-state index in [4.69, 9.17) is 11.4 Å². The molecule has 0 saturated carbocycles. The lowest BCUT2D eigenvalue weighted by Gasteiger charge is -1.98. The number of hydrogen-bond donors (Lipinski definition) is 2. The van der Waals surface area contributed by atoms with Gasteiger partial charge in [0.05, 0.1) is 0 Å². The van der Waals surface area contributed by atoms with E-state index in [1.807, 2.05) is 36.4 Å². The molecule has 0 bridgehead atoms. The first-order valence-electron chi connectivity index (χ1n) is 4.61. The Morgan fingerprint density at radius 1 is 1.40 bits per heavy atom. The van der Waals surface area contributed by atoms with Gasteiger partial charge in [0, 0.05) is 17.1 Å². The Morgan fingerprint density at radius 2 is 2.13 bits per heavy atom. The number of nitrogens with two attached hydrogens (primary N) is 1. The number of nitrogens with zero attached hydrogens (tertiary/aromatic N) is 3. The second-order valence-electron chi connectivity index (χ2n) is 2.91. The number of hydrazine groups is 1. The third kappa shape index (κ3) is 4.17. The maximum absolute atomic E-state index is 8.06. The van der Waals surface area contributed by atoms with Crippen molar-refractivity contribution in [2.45, 2.75) is 6.42 Å². The summed E-state index contributed by atoms with van der Waals surface area (Å²) >= 11 is 0. The molecule has 0 heterocycles. The molecule has 3 N–H and O–H groups in total. The maximum Gasteiger partial charge on any atom is 0.0485 e. The molecular weight excluding hydrogens is 190 g/mol. The van der Waals surface area contributed by atoms with Crippen LogP contribution in [-0.2, 0) is 0 Å². The fraction of sp³-hybridized carbons (Fsp3) is 0.200. The van der Waals surface area contributed by atoms with Gasteiger partial charge in [-0.05, 0) is 29.6 Å². The van der Waals surface area contributed by atoms with Crippen molar-refractivity contribution in [3.8, 4) is 0 Å². The number of hydrogen-bond acceptors (Lipinski definition) is 3. The average molecular weight is 203 g/mol. The Labute approximate surface area is 88.2 Å². The highest BCUT2D eigenvalue weighted by molar-refractivity contribution is 5.54. The van der Waals surface area contributed by atoms with Crippen LogP contribution < -0.4 is 11.3 Å². The van der Waals surface area contributed by atoms with E-state index in [0.717, 1.165) is 17.7 Å². The van der Waals surface area contributed by atoms with Crippen molar-refractivity contribution in [1.82, 2.24) is 0 Å². The molecule has 0 aromatic heterocycles. The minimum absolute atomic E-state index is 0.495. The van der Waals surface area contributed by atoms with E-state index < -0.39 is 0 Å². The highest BCUT2D eigenvalue weighted by Crippen LogP contribution is 2.09. The van der Waals surface area contributed by atoms with Crippen molar-refractivity contribution in [1.29, 1.82) is 0 Å². The number of anilines is 1. The summed E-state index contributed by atoms with van der Waals surface area (Å²) in [7, 11) is 0. The van der Waals surface area contributed by atoms with Gasteiger partial charge in [-0.3, -0.25) is 5.84 Å². The Balaban J connectivity index is 2.46. The minimum Gasteiger partial charge on any atom is -0.324 e. The zero-order chi connectivity index (χ0) is 10.9. The standard InChI is InChI=1S/C10H13N5/c11-14-10-6-4-9(5-7-10)3-1-2-8-13-15-12/h1,3-7,14H,2,8,11H2. The quantitative estimate of drug-likeness (QED) is 0.192. The number of nitrogens with one attached hydrogen (secondary N) is 1. The lowest BCUT2D eigenvalue weighted by Crippen LogP contribution is -2.05. The van der Waals surface area contributed by atoms with Crippen LogP contribution in [0.25, 0.3) is 16.5 Å². The van der Waals surface area contributed by atoms with Gasteiger partial charge < -0.3 is 5.43 Å². The van der Waals surface area contributed by atoms with Crippen LogP contribution in [0, 0.1) is 0 Å². The molecule has 0 aliphatic carbocycles. The van der Waals surface area contributed by atoms with Crippen LogP contribution in [0.2, 0.25) is 0 Å². The molecular formula is C10H13N5. The van der Waals surface area contributed by atoms with Gasteiger partial charge in [-0.1, -0.05) is 29.4 Å². The van der Waals surface area contributed by atoms with Crippen molar-refractivity contribution in [3.63, 3.8) is 0 Å². The third-order valence-electron chi connectivity index (χ3n) is 1.85. The number of azide groups is 1. The van der Waals surface area contributed by atoms with Crippen molar-refractivity contribution >= 4 is 11.8 Å². The van der Waals surface area contributed by atoms with E-state index in [9.17, 15) is 0 Å². The predicted octanol–water partition coefficient (Wildman–Crippen LogP) is 2.69. The monoisotopic (exact) mass is 203 g/mol. The van der Waals surface area contributed by atoms with Gasteiger partial charge in [0.15, 0.2) is 0 Å². The number of rotatable bonds is 5. The predicted molar refractivity (Wildman–Crippen MR) is 61.9 cm³/mol. The molecule has 0 saturated heterocycles. The molecule has 0 aliphatic heterocycles. The van der Waals surface area contributed by atoms with Crippen molar-refractivity contribution in [2.24, 2.45) is 11.0 Å². The zero-order valence-electron chi connectivity index (χ0n) is 8.30. The molecule has 0 aliphatic rings. The van der Waals surface area contributed by atoms with E-state index >= 15 is 0 Å². The fourth-order valence-electron chi connectivity index (χ4n) is 1.09. The summed E-state index contributed by atoms with van der Waals surface area (Å²) in [5.41, 5.74) is 12.6. The molecule has 0 amide bonds. The van der Waals surface area contributed by atoms with Gasteiger partial charge in [0.1, 0.15) is 0 Å². The van der Waals surface area contributed by atoms with Gasteiger partial charge in [-0.25, -0.2) is 0 Å². The molecule has 5 heteroatoms. The normalized spacial score (nSPS) is 9.93. The van der Waals surface area contributed by atoms with Crippen LogP contribution in [0.15, 0.2) is 35.5 Å². The summed E-state index contributed by atoms with van der Waals surface area (Å²) < 4.78 is 0. The Bertz CT molecular complexity index is 362. The molecule has 1 aromatic rings. The molecule has 0 radical (unpaired) electrons. The maximum atomic E-state index is 8.06. The minimum atomic E-state index is 0.495. The van der Waals surface area contributed by atoms with Gasteiger partial charge in [0.25, 0.3) is 0 Å². The fourth-order valence-corrected chi connectivity index (χ4v) is 1.09. The van der Waals surface area contributed by atoms with Crippen LogP contribution in [-0.4, -0.2) is 6.54 Å². The Kier molecular flexibility index (Phi) is 4.80. The van der Waals surface area contributed by atoms with E-state index in [2.05, 4.69) is 15.5 Å². The third-order valence-corrected chi connectivity index (χ3v) is 1.85. The lowest BCUT2D eigenvalue weighted by molar-refractivity contribution is 0.996. The van der Waals surface area contributed by atoms with E-state index in [1.165, 1.54) is 0 Å². The van der Waals surface area contributed by atoms with Crippen molar-refractivity contribution < 1.29 is 0 Å². The van der Waals surface area contributed by atoms with E-state index in [1.54, 1.807) is 0 Å². The summed E-state index contributed by atoms with van der Waals surface area (Å²) in [6.07, 6.45) is 4.70. The van der Waals surface area contributed by atoms with Crippen LogP contribution in [0.1, 0.15) is 12.0 Å². The summed E-state index contributed by atoms with van der Waals surface area (Å²) in [6.45, 7) is 0.495. The highest BCUT2D eigenvalue weighted by Gasteiger charge is 1.88. The summed E-state index contributed by atoms with van der Waals surface area (Å²) in [4.78, 5) is 2.67. The summed E-state index contributed by atoms with van der Waals surface area (Å²) in [6, 6.07) is 7.71. The number of benzene rings is 1. The zero-order valence-corrected chi connectivity index (χ0v) is 8.30. The van der Waals surface area contributed by atoms with E-state index in [0.29, 0.717) is 6.54 Å². The van der Waals surface area contributed by atoms with Gasteiger partial charge in [0.2, 0.25) is 0 Å². The molecule has 0 fully saturated rings. The summed E-state index contributed by atoms with van der Waals surface area (Å²) in [5, 5.41) is 3.43. The van der Waals surface area contributed by atoms with Crippen LogP contribution in [0.3, 0.4) is 0 Å². The molecule has 1 aromatic carbocycles. The molecule has 1 rings (SSSR count). The number of nitrogen functional groups attached to an aromatic ring is 1. The van der Waals surface area contributed by atoms with Crippen LogP contribution in [0.4, 0.5) is 5.69 Å². The van der Waals surface area contributed by atoms with Gasteiger partial charge in [-0.15, -0.1) is 0 Å². The molecule has 0 spiro atoms. The van der Waals surface area contributed by atoms with Crippen LogP contribution in [0.5, 0.6) is 0 Å². The lowest BCUT2D eigenvalue weighted by atomic mass is 10.2. The van der Waals surface area contributed by atoms with Crippen molar-refractivity contribution in [3.05, 3.63) is 46.3 Å². The first-order valence-corrected chi connectivity index (χ1v) is 4.61. The average Bonchev–Trinajstić information content (AvgIpc) is 2.30. The SMILES string of the molecule is [N-]=[N+]=NCCC=Cc1ccc(NN)cc1. The molecule has 5 nitrogen and oxygen atoms in total. The molecule has 0 atom stereocenters. The smallest absolute Gasteiger partial charge is 0.0485 e.